The Morgan fingerprint density at radius 2 is 1.87 bits per heavy atom. The number of nitrogens with zero attached hydrogens (tertiary/aromatic N) is 5. The standard InChI is InChI=1S/C23H26FN5O2/c1-13-5-14(2)28(11-13)21(31)12-29-23-18(8-24)6-17(19-9-25-16(4)26-10-19)7-20(23)22(27-29)15(3)30/h6-7,9-10,13-14H,5,8,11-12H2,1-4H3. The molecule has 0 bridgehead atoms. The SMILES string of the molecule is CC(=O)c1nn(CC(=O)N2CC(C)CC2C)c2c(CF)cc(-c3cnc(C)nc3)cc12. The fourth-order valence-corrected chi connectivity index (χ4v) is 4.46. The van der Waals surface area contributed by atoms with Crippen molar-refractivity contribution in [2.75, 3.05) is 6.54 Å². The molecule has 0 radical (unpaired) electrons. The summed E-state index contributed by atoms with van der Waals surface area (Å²) in [6, 6.07) is 3.67. The number of likely N-dealkylation sites (tertiary alicyclic amines) is 1. The van der Waals surface area contributed by atoms with Crippen molar-refractivity contribution in [3.63, 3.8) is 0 Å². The molecule has 1 fully saturated rings. The quantitative estimate of drug-likeness (QED) is 0.584. The van der Waals surface area contributed by atoms with E-state index >= 15 is 0 Å². The van der Waals surface area contributed by atoms with E-state index in [1.807, 2.05) is 11.8 Å². The van der Waals surface area contributed by atoms with Gasteiger partial charge in [0.15, 0.2) is 5.78 Å². The van der Waals surface area contributed by atoms with Crippen molar-refractivity contribution in [1.82, 2.24) is 24.6 Å². The largest absolute Gasteiger partial charge is 0.338 e. The van der Waals surface area contributed by atoms with Gasteiger partial charge >= 0.3 is 0 Å². The minimum Gasteiger partial charge on any atom is -0.338 e. The van der Waals surface area contributed by atoms with E-state index < -0.39 is 6.67 Å². The van der Waals surface area contributed by atoms with Gasteiger partial charge in [-0.2, -0.15) is 5.10 Å². The highest BCUT2D eigenvalue weighted by molar-refractivity contribution is 6.07. The Morgan fingerprint density at radius 3 is 2.45 bits per heavy atom. The van der Waals surface area contributed by atoms with Gasteiger partial charge in [0.1, 0.15) is 24.7 Å². The van der Waals surface area contributed by atoms with Gasteiger partial charge < -0.3 is 4.90 Å². The number of fused-ring (bicyclic) bond motifs is 1. The molecule has 162 valence electrons. The molecule has 8 heteroatoms. The molecule has 31 heavy (non-hydrogen) atoms. The lowest BCUT2D eigenvalue weighted by molar-refractivity contribution is -0.132. The predicted octanol–water partition coefficient (Wildman–Crippen LogP) is 3.73. The van der Waals surface area contributed by atoms with Crippen molar-refractivity contribution in [1.29, 1.82) is 0 Å². The number of hydrogen-bond acceptors (Lipinski definition) is 5. The number of carbonyl (C=O) groups excluding carboxylic acids is 2. The monoisotopic (exact) mass is 423 g/mol. The Labute approximate surface area is 180 Å². The average molecular weight is 423 g/mol. The Bertz CT molecular complexity index is 1150. The summed E-state index contributed by atoms with van der Waals surface area (Å²) >= 11 is 0. The van der Waals surface area contributed by atoms with Crippen LogP contribution < -0.4 is 0 Å². The number of aryl methyl sites for hydroxylation is 1. The van der Waals surface area contributed by atoms with Gasteiger partial charge in [0, 0.05) is 48.4 Å². The maximum atomic E-state index is 14.1. The first-order valence-electron chi connectivity index (χ1n) is 10.5. The fraction of sp³-hybridized carbons (Fsp3) is 0.435. The van der Waals surface area contributed by atoms with Gasteiger partial charge in [-0.25, -0.2) is 14.4 Å². The normalized spacial score (nSPS) is 18.7. The lowest BCUT2D eigenvalue weighted by Gasteiger charge is -2.21. The topological polar surface area (TPSA) is 81.0 Å². The van der Waals surface area contributed by atoms with E-state index in [0.717, 1.165) is 12.0 Å². The second kappa shape index (κ2) is 8.17. The van der Waals surface area contributed by atoms with Gasteiger partial charge in [-0.05, 0) is 43.9 Å². The number of amides is 1. The zero-order valence-electron chi connectivity index (χ0n) is 18.2. The number of halogens is 1. The van der Waals surface area contributed by atoms with E-state index in [-0.39, 0.29) is 30.0 Å². The van der Waals surface area contributed by atoms with Crippen molar-refractivity contribution in [3.8, 4) is 11.1 Å². The van der Waals surface area contributed by atoms with Crippen LogP contribution in [0.2, 0.25) is 0 Å². The maximum Gasteiger partial charge on any atom is 0.244 e. The van der Waals surface area contributed by atoms with Crippen molar-refractivity contribution in [2.45, 2.75) is 53.4 Å². The molecule has 3 aromatic rings. The summed E-state index contributed by atoms with van der Waals surface area (Å²) < 4.78 is 15.6. The Balaban J connectivity index is 1.80. The number of hydrogen-bond donors (Lipinski definition) is 0. The second-order valence-corrected chi connectivity index (χ2v) is 8.48. The number of Topliss-reactive ketones (excluding diaryl/α,β-unsaturated/α-hetero) is 1. The molecule has 4 rings (SSSR count). The van der Waals surface area contributed by atoms with E-state index in [9.17, 15) is 14.0 Å². The molecule has 1 saturated heterocycles. The Morgan fingerprint density at radius 1 is 1.16 bits per heavy atom. The minimum atomic E-state index is -0.745. The van der Waals surface area contributed by atoms with Crippen LogP contribution in [-0.2, 0) is 18.0 Å². The lowest BCUT2D eigenvalue weighted by atomic mass is 10.0. The summed E-state index contributed by atoms with van der Waals surface area (Å²) in [5.41, 5.74) is 2.52. The van der Waals surface area contributed by atoms with Gasteiger partial charge in [0.05, 0.1) is 5.52 Å². The number of carbonyl (C=O) groups is 2. The molecule has 7 nitrogen and oxygen atoms in total. The Hall–Kier alpha value is -3.16. The van der Waals surface area contributed by atoms with E-state index in [1.165, 1.54) is 11.6 Å². The van der Waals surface area contributed by atoms with E-state index in [4.69, 9.17) is 0 Å². The zero-order chi connectivity index (χ0) is 22.3. The number of ketones is 1. The number of alkyl halides is 1. The van der Waals surface area contributed by atoms with Crippen molar-refractivity contribution in [3.05, 3.63) is 41.6 Å². The summed E-state index contributed by atoms with van der Waals surface area (Å²) in [6.45, 7) is 7.30. The molecular formula is C23H26FN5O2. The second-order valence-electron chi connectivity index (χ2n) is 8.48. The van der Waals surface area contributed by atoms with Crippen LogP contribution in [0.15, 0.2) is 24.5 Å². The predicted molar refractivity (Wildman–Crippen MR) is 115 cm³/mol. The lowest BCUT2D eigenvalue weighted by Crippen LogP contribution is -2.36. The van der Waals surface area contributed by atoms with Gasteiger partial charge in [-0.15, -0.1) is 0 Å². The maximum absolute atomic E-state index is 14.1. The van der Waals surface area contributed by atoms with Crippen molar-refractivity contribution in [2.24, 2.45) is 5.92 Å². The summed E-state index contributed by atoms with van der Waals surface area (Å²) in [5.74, 6) is 0.775. The molecule has 2 aromatic heterocycles. The molecular weight excluding hydrogens is 397 g/mol. The van der Waals surface area contributed by atoms with Crippen molar-refractivity contribution < 1.29 is 14.0 Å². The van der Waals surface area contributed by atoms with E-state index in [2.05, 4.69) is 22.0 Å². The molecule has 0 N–H and O–H groups in total. The highest BCUT2D eigenvalue weighted by Crippen LogP contribution is 2.31. The van der Waals surface area contributed by atoms with Crippen LogP contribution in [0.1, 0.15) is 49.1 Å². The van der Waals surface area contributed by atoms with Crippen LogP contribution >= 0.6 is 0 Å². The van der Waals surface area contributed by atoms with Crippen LogP contribution in [0.4, 0.5) is 4.39 Å². The number of rotatable bonds is 5. The molecule has 1 aromatic carbocycles. The molecule has 1 aliphatic heterocycles. The third-order valence-corrected chi connectivity index (χ3v) is 5.90. The highest BCUT2D eigenvalue weighted by Gasteiger charge is 2.31. The molecule has 1 aliphatic rings. The first kappa shape index (κ1) is 21.1. The molecule has 3 heterocycles. The van der Waals surface area contributed by atoms with Gasteiger partial charge in [-0.3, -0.25) is 14.3 Å². The highest BCUT2D eigenvalue weighted by atomic mass is 19.1. The van der Waals surface area contributed by atoms with Crippen LogP contribution in [0.5, 0.6) is 0 Å². The van der Waals surface area contributed by atoms with Crippen molar-refractivity contribution >= 4 is 22.6 Å². The van der Waals surface area contributed by atoms with Gasteiger partial charge in [-0.1, -0.05) is 6.92 Å². The third-order valence-electron chi connectivity index (χ3n) is 5.90. The first-order chi connectivity index (χ1) is 14.8. The molecule has 2 atom stereocenters. The molecule has 0 saturated carbocycles. The fourth-order valence-electron chi connectivity index (χ4n) is 4.46. The third kappa shape index (κ3) is 3.94. The molecule has 2 unspecified atom stereocenters. The number of aromatic nitrogens is 4. The van der Waals surface area contributed by atoms with E-state index in [1.54, 1.807) is 31.5 Å². The molecule has 0 aliphatic carbocycles. The van der Waals surface area contributed by atoms with Crippen LogP contribution in [0, 0.1) is 12.8 Å². The summed E-state index contributed by atoms with van der Waals surface area (Å²) in [5, 5.41) is 4.96. The molecule has 0 spiro atoms. The van der Waals surface area contributed by atoms with Gasteiger partial charge in [0.25, 0.3) is 0 Å². The Kier molecular flexibility index (Phi) is 5.56. The average Bonchev–Trinajstić information content (AvgIpc) is 3.27. The van der Waals surface area contributed by atoms with Gasteiger partial charge in [0.2, 0.25) is 5.91 Å². The smallest absolute Gasteiger partial charge is 0.244 e. The van der Waals surface area contributed by atoms with Crippen LogP contribution in [0.3, 0.4) is 0 Å². The zero-order valence-corrected chi connectivity index (χ0v) is 18.2. The summed E-state index contributed by atoms with van der Waals surface area (Å²) in [6.07, 6.45) is 4.30. The number of benzene rings is 1. The van der Waals surface area contributed by atoms with Crippen LogP contribution in [-0.4, -0.2) is 48.9 Å². The minimum absolute atomic E-state index is 0.0270. The summed E-state index contributed by atoms with van der Waals surface area (Å²) in [7, 11) is 0. The first-order valence-corrected chi connectivity index (χ1v) is 10.5. The van der Waals surface area contributed by atoms with E-state index in [0.29, 0.717) is 40.3 Å². The summed E-state index contributed by atoms with van der Waals surface area (Å²) in [4.78, 5) is 35.6. The molecule has 1 amide bonds. The van der Waals surface area contributed by atoms with Crippen LogP contribution in [0.25, 0.3) is 22.0 Å².